The molecule has 0 aliphatic carbocycles. The van der Waals surface area contributed by atoms with Gasteiger partial charge in [0.1, 0.15) is 13.6 Å². The van der Waals surface area contributed by atoms with Crippen molar-refractivity contribution >= 4 is 41.9 Å². The summed E-state index contributed by atoms with van der Waals surface area (Å²) in [6, 6.07) is 8.97. The summed E-state index contributed by atoms with van der Waals surface area (Å²) in [4.78, 5) is 15.5. The van der Waals surface area contributed by atoms with Crippen LogP contribution in [0.4, 0.5) is 0 Å². The molecule has 0 aliphatic heterocycles. The summed E-state index contributed by atoms with van der Waals surface area (Å²) in [5.41, 5.74) is 3.36. The first-order valence-corrected chi connectivity index (χ1v) is 9.24. The molecule has 0 aliphatic rings. The second-order valence-electron chi connectivity index (χ2n) is 6.61. The maximum Gasteiger partial charge on any atom is 0.356 e. The average molecular weight is 473 g/mol. The number of carbonyl (C=O) groups is 1. The van der Waals surface area contributed by atoms with Gasteiger partial charge in [0.15, 0.2) is 9.30 Å². The first kappa shape index (κ1) is 19.4. The topological polar surface area (TPSA) is 77.2 Å². The van der Waals surface area contributed by atoms with Gasteiger partial charge in [-0.2, -0.15) is 5.10 Å². The van der Waals surface area contributed by atoms with Crippen molar-refractivity contribution in [3.63, 3.8) is 0 Å². The SMILES string of the molecule is [B]c1cncc(-n2nc(C(=O)O)cc2-c2cc(C)cc(OC(C)(C)I)c2)c1. The molecular weight excluding hydrogens is 456 g/mol. The Morgan fingerprint density at radius 3 is 2.59 bits per heavy atom. The number of aryl methyl sites for hydroxylation is 1. The molecular formula is C19H17BIN3O3. The molecule has 0 fully saturated rings. The number of ether oxygens (including phenoxy) is 1. The van der Waals surface area contributed by atoms with Crippen molar-refractivity contribution in [1.82, 2.24) is 14.8 Å². The molecule has 1 aromatic carbocycles. The van der Waals surface area contributed by atoms with Gasteiger partial charge in [0.05, 0.1) is 17.6 Å². The largest absolute Gasteiger partial charge is 0.478 e. The van der Waals surface area contributed by atoms with Crippen LogP contribution in [0.5, 0.6) is 5.75 Å². The van der Waals surface area contributed by atoms with Gasteiger partial charge in [0.2, 0.25) is 0 Å². The number of hydrogen-bond acceptors (Lipinski definition) is 4. The Balaban J connectivity index is 2.18. The van der Waals surface area contributed by atoms with Crippen LogP contribution in [-0.2, 0) is 0 Å². The molecule has 1 N–H and O–H groups in total. The third-order valence-corrected chi connectivity index (χ3v) is 3.85. The lowest BCUT2D eigenvalue weighted by atomic mass is 9.98. The van der Waals surface area contributed by atoms with Gasteiger partial charge in [-0.15, -0.1) is 0 Å². The van der Waals surface area contributed by atoms with Crippen LogP contribution >= 0.6 is 22.6 Å². The summed E-state index contributed by atoms with van der Waals surface area (Å²) in [5, 5.41) is 13.6. The van der Waals surface area contributed by atoms with Crippen molar-refractivity contribution in [2.75, 3.05) is 0 Å². The van der Waals surface area contributed by atoms with E-state index in [1.807, 2.05) is 39.0 Å². The first-order valence-electron chi connectivity index (χ1n) is 8.16. The van der Waals surface area contributed by atoms with Crippen LogP contribution in [-0.4, -0.2) is 37.3 Å². The van der Waals surface area contributed by atoms with E-state index in [4.69, 9.17) is 12.6 Å². The lowest BCUT2D eigenvalue weighted by molar-refractivity contribution is 0.0690. The van der Waals surface area contributed by atoms with Crippen molar-refractivity contribution < 1.29 is 14.6 Å². The third kappa shape index (κ3) is 4.68. The molecule has 0 amide bonds. The highest BCUT2D eigenvalue weighted by atomic mass is 127. The quantitative estimate of drug-likeness (QED) is 0.350. The average Bonchev–Trinajstić information content (AvgIpc) is 2.98. The number of benzene rings is 1. The Morgan fingerprint density at radius 1 is 1.22 bits per heavy atom. The van der Waals surface area contributed by atoms with E-state index in [-0.39, 0.29) is 9.30 Å². The zero-order valence-corrected chi connectivity index (χ0v) is 17.3. The van der Waals surface area contributed by atoms with Gasteiger partial charge in [-0.25, -0.2) is 9.48 Å². The predicted octanol–water partition coefficient (Wildman–Crippen LogP) is 3.28. The minimum Gasteiger partial charge on any atom is -0.478 e. The Kier molecular flexibility index (Phi) is 5.28. The van der Waals surface area contributed by atoms with Crippen molar-refractivity contribution in [3.8, 4) is 22.7 Å². The second kappa shape index (κ2) is 7.34. The highest BCUT2D eigenvalue weighted by Gasteiger charge is 2.19. The number of rotatable bonds is 5. The van der Waals surface area contributed by atoms with E-state index in [1.54, 1.807) is 12.3 Å². The van der Waals surface area contributed by atoms with Gasteiger partial charge in [0, 0.05) is 11.8 Å². The number of pyridine rings is 1. The number of hydrogen-bond donors (Lipinski definition) is 1. The Labute approximate surface area is 172 Å². The first-order chi connectivity index (χ1) is 12.6. The fraction of sp³-hybridized carbons (Fsp3) is 0.211. The van der Waals surface area contributed by atoms with Crippen LogP contribution in [0.25, 0.3) is 16.9 Å². The highest BCUT2D eigenvalue weighted by molar-refractivity contribution is 14.1. The van der Waals surface area contributed by atoms with E-state index in [0.717, 1.165) is 11.1 Å². The molecule has 0 saturated heterocycles. The molecule has 27 heavy (non-hydrogen) atoms. The molecule has 0 saturated carbocycles. The fourth-order valence-electron chi connectivity index (χ4n) is 2.68. The summed E-state index contributed by atoms with van der Waals surface area (Å²) in [7, 11) is 5.83. The summed E-state index contributed by atoms with van der Waals surface area (Å²) in [5.74, 6) is -0.413. The Hall–Kier alpha value is -2.36. The number of halogens is 1. The van der Waals surface area contributed by atoms with Crippen molar-refractivity contribution in [1.29, 1.82) is 0 Å². The molecule has 6 nitrogen and oxygen atoms in total. The maximum atomic E-state index is 11.5. The van der Waals surface area contributed by atoms with Crippen LogP contribution in [0.3, 0.4) is 0 Å². The normalized spacial score (nSPS) is 11.4. The van der Waals surface area contributed by atoms with E-state index in [1.165, 1.54) is 16.9 Å². The van der Waals surface area contributed by atoms with Crippen LogP contribution in [0.2, 0.25) is 0 Å². The predicted molar refractivity (Wildman–Crippen MR) is 113 cm³/mol. The molecule has 0 unspecified atom stereocenters. The molecule has 2 radical (unpaired) electrons. The highest BCUT2D eigenvalue weighted by Crippen LogP contribution is 2.31. The molecule has 136 valence electrons. The molecule has 2 aromatic heterocycles. The number of carboxylic acids is 1. The van der Waals surface area contributed by atoms with Gasteiger partial charge in [-0.05, 0) is 79.3 Å². The third-order valence-electron chi connectivity index (χ3n) is 3.63. The fourth-order valence-corrected chi connectivity index (χ4v) is 2.94. The van der Waals surface area contributed by atoms with Crippen molar-refractivity contribution in [2.24, 2.45) is 0 Å². The molecule has 0 spiro atoms. The lowest BCUT2D eigenvalue weighted by Gasteiger charge is -2.20. The van der Waals surface area contributed by atoms with Gasteiger partial charge in [-0.1, -0.05) is 5.46 Å². The summed E-state index contributed by atoms with van der Waals surface area (Å²) in [6.45, 7) is 5.87. The van der Waals surface area contributed by atoms with E-state index in [0.29, 0.717) is 22.6 Å². The summed E-state index contributed by atoms with van der Waals surface area (Å²) < 4.78 is 7.12. The number of aromatic nitrogens is 3. The molecule has 0 bridgehead atoms. The van der Waals surface area contributed by atoms with E-state index in [2.05, 4.69) is 32.7 Å². The summed E-state index contributed by atoms with van der Waals surface area (Å²) >= 11 is 2.21. The molecule has 3 aromatic rings. The van der Waals surface area contributed by atoms with Crippen LogP contribution in [0.1, 0.15) is 29.9 Å². The smallest absolute Gasteiger partial charge is 0.356 e. The lowest BCUT2D eigenvalue weighted by Crippen LogP contribution is -2.18. The van der Waals surface area contributed by atoms with E-state index >= 15 is 0 Å². The van der Waals surface area contributed by atoms with Crippen LogP contribution in [0.15, 0.2) is 42.7 Å². The van der Waals surface area contributed by atoms with E-state index < -0.39 is 5.97 Å². The molecule has 2 heterocycles. The van der Waals surface area contributed by atoms with Crippen LogP contribution < -0.4 is 10.2 Å². The maximum absolute atomic E-state index is 11.5. The number of aromatic carboxylic acids is 1. The Bertz CT molecular complexity index is 1010. The molecule has 8 heteroatoms. The summed E-state index contributed by atoms with van der Waals surface area (Å²) in [6.07, 6.45) is 3.10. The van der Waals surface area contributed by atoms with Gasteiger partial charge in [0.25, 0.3) is 0 Å². The van der Waals surface area contributed by atoms with Gasteiger partial charge >= 0.3 is 5.97 Å². The zero-order chi connectivity index (χ0) is 19.8. The van der Waals surface area contributed by atoms with E-state index in [9.17, 15) is 9.90 Å². The molecule has 0 atom stereocenters. The van der Waals surface area contributed by atoms with Gasteiger partial charge in [-0.3, -0.25) is 4.98 Å². The minimum atomic E-state index is -1.11. The van der Waals surface area contributed by atoms with Gasteiger partial charge < -0.3 is 9.84 Å². The number of alkyl halides is 1. The number of nitrogens with zero attached hydrogens (tertiary/aromatic N) is 3. The van der Waals surface area contributed by atoms with Crippen molar-refractivity contribution in [2.45, 2.75) is 24.4 Å². The standard InChI is InChI=1S/C19H17BIN3O3/c1-11-4-12(6-15(5-11)27-19(2,3)21)17-8-16(18(25)26)23-24(17)14-7-13(20)9-22-10-14/h4-10H,1-3H3,(H,25,26). The second-order valence-corrected chi connectivity index (χ2v) is 9.21. The zero-order valence-electron chi connectivity index (χ0n) is 15.1. The monoisotopic (exact) mass is 473 g/mol. The van der Waals surface area contributed by atoms with Crippen molar-refractivity contribution in [3.05, 3.63) is 54.0 Å². The number of carboxylic acid groups (broad SMARTS) is 1. The Morgan fingerprint density at radius 2 is 1.96 bits per heavy atom. The van der Waals surface area contributed by atoms with Crippen LogP contribution in [0, 0.1) is 6.92 Å². The molecule has 3 rings (SSSR count). The minimum absolute atomic E-state index is 0.0642.